The lowest BCUT2D eigenvalue weighted by atomic mass is 9.83. The average molecular weight is 842 g/mol. The van der Waals surface area contributed by atoms with Crippen molar-refractivity contribution < 1.29 is 76.8 Å². The smallest absolute Gasteiger partial charge is 0.309 e. The molecule has 0 aliphatic carbocycles. The van der Waals surface area contributed by atoms with Crippen LogP contribution in [0.5, 0.6) is 0 Å². The van der Waals surface area contributed by atoms with Gasteiger partial charge in [-0.1, -0.05) is 20.8 Å². The first-order valence-corrected chi connectivity index (χ1v) is 20.7. The number of carbonyl (C=O) groups is 5. The van der Waals surface area contributed by atoms with Crippen LogP contribution >= 0.6 is 0 Å². The zero-order valence-electron chi connectivity index (χ0n) is 36.3. The Balaban J connectivity index is 1.64. The van der Waals surface area contributed by atoms with E-state index in [-0.39, 0.29) is 49.6 Å². The predicted molar refractivity (Wildman–Crippen MR) is 208 cm³/mol. The SMILES string of the molecule is CO[C@H]1C(OC(C)=O)CC(=O)O[C@H](C)C[C@@H]2O[C@H]2/C=C/C(=O)C(C)C[C@H](CC=O)[C@@H]1OC1OC(C)C(OC2CC(C)(O)C(OC(=O)CC(C)C)C(C)O2)C(N(C)C)C1O. The third-order valence-electron chi connectivity index (χ3n) is 11.4. The molecule has 11 unspecified atom stereocenters. The Labute approximate surface area is 347 Å². The number of hydrogen-bond acceptors (Lipinski definition) is 17. The van der Waals surface area contributed by atoms with Crippen molar-refractivity contribution in [2.45, 2.75) is 185 Å². The summed E-state index contributed by atoms with van der Waals surface area (Å²) in [7, 11) is 4.82. The zero-order chi connectivity index (χ0) is 43.9. The summed E-state index contributed by atoms with van der Waals surface area (Å²) in [5.41, 5.74) is -1.51. The summed E-state index contributed by atoms with van der Waals surface area (Å²) < 4.78 is 54.2. The van der Waals surface area contributed by atoms with Gasteiger partial charge in [-0.15, -0.1) is 0 Å². The second-order valence-corrected chi connectivity index (χ2v) is 17.5. The predicted octanol–water partition coefficient (Wildman–Crippen LogP) is 2.43. The van der Waals surface area contributed by atoms with E-state index in [0.29, 0.717) is 12.7 Å². The number of rotatable bonds is 12. The number of fused-ring (bicyclic) bond motifs is 1. The molecule has 17 nitrogen and oxygen atoms in total. The molecule has 0 bridgehead atoms. The number of epoxide rings is 1. The fourth-order valence-corrected chi connectivity index (χ4v) is 8.51. The molecule has 4 aliphatic rings. The van der Waals surface area contributed by atoms with Crippen LogP contribution in [0.1, 0.15) is 93.9 Å². The van der Waals surface area contributed by atoms with Crippen molar-refractivity contribution in [3.05, 3.63) is 12.2 Å². The van der Waals surface area contributed by atoms with Gasteiger partial charge < -0.3 is 62.5 Å². The molecular weight excluding hydrogens is 774 g/mol. The molecule has 4 rings (SSSR count). The fourth-order valence-electron chi connectivity index (χ4n) is 8.51. The van der Waals surface area contributed by atoms with Gasteiger partial charge in [0.15, 0.2) is 24.5 Å². The van der Waals surface area contributed by atoms with Gasteiger partial charge in [-0.3, -0.25) is 19.2 Å². The van der Waals surface area contributed by atoms with Crippen molar-refractivity contribution >= 4 is 30.0 Å². The minimum atomic E-state index is -1.51. The van der Waals surface area contributed by atoms with Crippen LogP contribution in [0.2, 0.25) is 0 Å². The van der Waals surface area contributed by atoms with E-state index in [1.807, 2.05) is 13.8 Å². The maximum Gasteiger partial charge on any atom is 0.309 e. The highest BCUT2D eigenvalue weighted by atomic mass is 16.7. The van der Waals surface area contributed by atoms with E-state index < -0.39 is 115 Å². The van der Waals surface area contributed by atoms with E-state index >= 15 is 0 Å². The topological polar surface area (TPSA) is 215 Å². The standard InChI is InChI=1S/C42H67NO16/c1-21(2)16-32(47)57-40-25(6)53-34(20-42(40,8)50)58-37-24(5)54-41(36(49)35(37)43(9)10)59-38-27(14-15-44)17-22(3)28(46)12-13-29-30(56-29)18-23(4)52-33(48)19-31(39(38)51-11)55-26(7)45/h12-13,15,21-25,27,29-31,34-41,49-50H,14,16-20H2,1-11H3/b13-12+/t22?,23-,24?,25?,27+,29+,30+,31?,34?,35?,36?,37?,38+,39+,40?,41?,42?/m1/s1. The van der Waals surface area contributed by atoms with Gasteiger partial charge in [0.25, 0.3) is 0 Å². The van der Waals surface area contributed by atoms with E-state index in [2.05, 4.69) is 0 Å². The van der Waals surface area contributed by atoms with Gasteiger partial charge >= 0.3 is 17.9 Å². The van der Waals surface area contributed by atoms with E-state index in [1.54, 1.807) is 59.7 Å². The van der Waals surface area contributed by atoms with Gasteiger partial charge in [-0.25, -0.2) is 0 Å². The summed E-state index contributed by atoms with van der Waals surface area (Å²) in [4.78, 5) is 65.8. The molecule has 2 N–H and O–H groups in total. The molecule has 336 valence electrons. The number of cyclic esters (lactones) is 1. The number of aliphatic hydroxyl groups is 2. The van der Waals surface area contributed by atoms with Crippen molar-refractivity contribution in [2.75, 3.05) is 21.2 Å². The summed E-state index contributed by atoms with van der Waals surface area (Å²) in [6.07, 6.45) is -7.99. The lowest BCUT2D eigenvalue weighted by Crippen LogP contribution is -2.66. The van der Waals surface area contributed by atoms with Crippen LogP contribution in [0.4, 0.5) is 0 Å². The summed E-state index contributed by atoms with van der Waals surface area (Å²) in [5.74, 6) is -3.35. The molecule has 3 saturated heterocycles. The molecular formula is C42H67NO16. The second kappa shape index (κ2) is 21.3. The van der Waals surface area contributed by atoms with E-state index in [9.17, 15) is 34.2 Å². The van der Waals surface area contributed by atoms with Crippen molar-refractivity contribution in [1.82, 2.24) is 4.90 Å². The number of aliphatic hydroxyl groups excluding tert-OH is 1. The first-order valence-electron chi connectivity index (χ1n) is 20.7. The number of methoxy groups -OCH3 is 1. The maximum absolute atomic E-state index is 13.4. The molecule has 4 aliphatic heterocycles. The Bertz CT molecular complexity index is 1470. The maximum atomic E-state index is 13.4. The van der Waals surface area contributed by atoms with Crippen LogP contribution in [0.15, 0.2) is 12.2 Å². The van der Waals surface area contributed by atoms with Crippen LogP contribution < -0.4 is 0 Å². The van der Waals surface area contributed by atoms with Gasteiger partial charge in [-0.2, -0.15) is 0 Å². The van der Waals surface area contributed by atoms with Crippen LogP contribution in [0, 0.1) is 17.8 Å². The third kappa shape index (κ3) is 13.3. The highest BCUT2D eigenvalue weighted by molar-refractivity contribution is 5.91. The summed E-state index contributed by atoms with van der Waals surface area (Å²) in [6.45, 7) is 13.4. The Morgan fingerprint density at radius 1 is 1.00 bits per heavy atom. The summed E-state index contributed by atoms with van der Waals surface area (Å²) in [5, 5.41) is 23.5. The lowest BCUT2D eigenvalue weighted by molar-refractivity contribution is -0.344. The summed E-state index contributed by atoms with van der Waals surface area (Å²) in [6, 6.07) is -0.800. The van der Waals surface area contributed by atoms with E-state index in [1.165, 1.54) is 20.1 Å². The van der Waals surface area contributed by atoms with Crippen LogP contribution in [-0.4, -0.2) is 158 Å². The highest BCUT2D eigenvalue weighted by Gasteiger charge is 2.53. The van der Waals surface area contributed by atoms with Gasteiger partial charge in [0.05, 0.1) is 36.9 Å². The van der Waals surface area contributed by atoms with Crippen molar-refractivity contribution in [3.63, 3.8) is 0 Å². The second-order valence-electron chi connectivity index (χ2n) is 17.5. The largest absolute Gasteiger partial charge is 0.462 e. The van der Waals surface area contributed by atoms with Crippen LogP contribution in [0.25, 0.3) is 0 Å². The van der Waals surface area contributed by atoms with Crippen LogP contribution in [-0.2, 0) is 66.6 Å². The minimum absolute atomic E-state index is 0.0551. The molecule has 17 heteroatoms. The molecule has 0 aromatic carbocycles. The lowest BCUT2D eigenvalue weighted by Gasteiger charge is -2.50. The number of nitrogens with zero attached hydrogens (tertiary/aromatic N) is 1. The number of aldehydes is 1. The fraction of sp³-hybridized carbons (Fsp3) is 0.833. The van der Waals surface area contributed by atoms with E-state index in [4.69, 9.17) is 42.6 Å². The highest BCUT2D eigenvalue weighted by Crippen LogP contribution is 2.38. The molecule has 3 fully saturated rings. The van der Waals surface area contributed by atoms with Gasteiger partial charge in [-0.05, 0) is 72.2 Å². The Morgan fingerprint density at radius 2 is 1.69 bits per heavy atom. The number of allylic oxidation sites excluding steroid dienone is 1. The van der Waals surface area contributed by atoms with Crippen LogP contribution in [0.3, 0.4) is 0 Å². The molecule has 0 spiro atoms. The molecule has 17 atom stereocenters. The minimum Gasteiger partial charge on any atom is -0.462 e. The molecule has 0 radical (unpaired) electrons. The number of likely N-dealkylation sites (N-methyl/N-ethyl adjacent to an activating group) is 1. The number of ketones is 1. The molecule has 0 saturated carbocycles. The molecule has 4 heterocycles. The monoisotopic (exact) mass is 841 g/mol. The van der Waals surface area contributed by atoms with Crippen molar-refractivity contribution in [3.8, 4) is 0 Å². The molecule has 59 heavy (non-hydrogen) atoms. The Hall–Kier alpha value is -2.87. The third-order valence-corrected chi connectivity index (χ3v) is 11.4. The zero-order valence-corrected chi connectivity index (χ0v) is 36.3. The number of carbonyl (C=O) groups excluding carboxylic acids is 5. The normalized spacial score (nSPS) is 41.7. The van der Waals surface area contributed by atoms with Gasteiger partial charge in [0, 0.05) is 45.6 Å². The Morgan fingerprint density at radius 3 is 2.29 bits per heavy atom. The molecule has 0 aromatic rings. The van der Waals surface area contributed by atoms with Crippen molar-refractivity contribution in [2.24, 2.45) is 17.8 Å². The number of ether oxygens (including phenoxy) is 9. The van der Waals surface area contributed by atoms with E-state index in [0.717, 1.165) is 0 Å². The molecule has 0 amide bonds. The van der Waals surface area contributed by atoms with Gasteiger partial charge in [0.2, 0.25) is 0 Å². The summed E-state index contributed by atoms with van der Waals surface area (Å²) >= 11 is 0. The van der Waals surface area contributed by atoms with Gasteiger partial charge in [0.1, 0.15) is 48.5 Å². The number of hydrogen-bond donors (Lipinski definition) is 2. The van der Waals surface area contributed by atoms with Crippen molar-refractivity contribution in [1.29, 1.82) is 0 Å². The number of esters is 3. The molecule has 0 aromatic heterocycles. The Kier molecular flexibility index (Phi) is 17.6. The first-order chi connectivity index (χ1) is 27.6. The average Bonchev–Trinajstić information content (AvgIpc) is 3.85. The quantitative estimate of drug-likeness (QED) is 0.125. The first kappa shape index (κ1) is 48.8.